The first kappa shape index (κ1) is 28.4. The minimum atomic E-state index is -3.03. The number of aromatic nitrogens is 2. The molecule has 0 amide bonds. The minimum Gasteiger partial charge on any atom is -0.437 e. The third-order valence-corrected chi connectivity index (χ3v) is 9.33. The number of nitrogens with one attached hydrogen (secondary N) is 1. The molecule has 5 rings (SSSR count). The number of nitrogens with zero attached hydrogens (tertiary/aromatic N) is 4. The molecule has 0 spiro atoms. The van der Waals surface area contributed by atoms with Crippen molar-refractivity contribution in [3.05, 3.63) is 69.9 Å². The quantitative estimate of drug-likeness (QED) is 0.376. The van der Waals surface area contributed by atoms with Crippen LogP contribution in [0.5, 0.6) is 11.6 Å². The highest BCUT2D eigenvalue weighted by Crippen LogP contribution is 2.40. The van der Waals surface area contributed by atoms with Gasteiger partial charge in [0.05, 0.1) is 28.0 Å². The molecular formula is C30H35N5O3S2. The molecule has 2 aliphatic heterocycles. The van der Waals surface area contributed by atoms with Crippen molar-refractivity contribution in [2.45, 2.75) is 62.8 Å². The minimum absolute atomic E-state index is 0.0766. The van der Waals surface area contributed by atoms with E-state index in [2.05, 4.69) is 16.3 Å². The molecule has 1 aromatic heterocycles. The summed E-state index contributed by atoms with van der Waals surface area (Å²) in [6.07, 6.45) is 5.20. The molecule has 8 nitrogen and oxygen atoms in total. The molecule has 3 heterocycles. The van der Waals surface area contributed by atoms with Gasteiger partial charge in [0.1, 0.15) is 5.75 Å². The Morgan fingerprint density at radius 3 is 2.42 bits per heavy atom. The zero-order valence-corrected chi connectivity index (χ0v) is 24.9. The van der Waals surface area contributed by atoms with Gasteiger partial charge in [0.25, 0.3) is 0 Å². The van der Waals surface area contributed by atoms with Crippen LogP contribution in [-0.4, -0.2) is 54.4 Å². The van der Waals surface area contributed by atoms with Gasteiger partial charge in [-0.15, -0.1) is 11.8 Å². The van der Waals surface area contributed by atoms with Crippen molar-refractivity contribution in [3.8, 4) is 17.7 Å². The lowest BCUT2D eigenvalue weighted by Crippen LogP contribution is -2.39. The number of sulfone groups is 1. The summed E-state index contributed by atoms with van der Waals surface area (Å²) in [7, 11) is -3.03. The number of benzene rings is 2. The van der Waals surface area contributed by atoms with Crippen molar-refractivity contribution in [3.63, 3.8) is 0 Å². The molecule has 0 bridgehead atoms. The Hall–Kier alpha value is -3.13. The van der Waals surface area contributed by atoms with Crippen LogP contribution in [0.15, 0.2) is 41.3 Å². The summed E-state index contributed by atoms with van der Waals surface area (Å²) < 4.78 is 29.5. The van der Waals surface area contributed by atoms with E-state index >= 15 is 0 Å². The number of fused-ring (bicyclic) bond motifs is 1. The smallest absolute Gasteiger partial charge is 0.238 e. The lowest BCUT2D eigenvalue weighted by molar-refractivity contribution is 0.211. The number of ether oxygens (including phenoxy) is 1. The van der Waals surface area contributed by atoms with Crippen LogP contribution in [0.25, 0.3) is 0 Å². The number of nitriles is 1. The van der Waals surface area contributed by atoms with Crippen molar-refractivity contribution in [1.29, 1.82) is 5.26 Å². The first-order valence-electron chi connectivity index (χ1n) is 13.6. The number of thioether (sulfide) groups is 1. The number of rotatable bonds is 8. The average molecular weight is 578 g/mol. The largest absolute Gasteiger partial charge is 0.437 e. The fourth-order valence-corrected chi connectivity index (χ4v) is 7.14. The maximum atomic E-state index is 11.5. The number of hydrogen-bond acceptors (Lipinski definition) is 9. The van der Waals surface area contributed by atoms with Gasteiger partial charge in [0.2, 0.25) is 11.8 Å². The molecule has 1 fully saturated rings. The van der Waals surface area contributed by atoms with E-state index in [0.717, 1.165) is 84.1 Å². The lowest BCUT2D eigenvalue weighted by atomic mass is 10.0. The summed E-state index contributed by atoms with van der Waals surface area (Å²) in [5, 5.41) is 12.9. The fourth-order valence-electron chi connectivity index (χ4n) is 5.33. The van der Waals surface area contributed by atoms with E-state index in [0.29, 0.717) is 17.4 Å². The number of anilines is 1. The van der Waals surface area contributed by atoms with Crippen LogP contribution in [0, 0.1) is 25.2 Å². The summed E-state index contributed by atoms with van der Waals surface area (Å²) in [6, 6.07) is 14.1. The Bertz CT molecular complexity index is 1500. The summed E-state index contributed by atoms with van der Waals surface area (Å²) in [6.45, 7) is 6.68. The van der Waals surface area contributed by atoms with Crippen molar-refractivity contribution < 1.29 is 13.2 Å². The predicted molar refractivity (Wildman–Crippen MR) is 159 cm³/mol. The number of hydrogen-bond donors (Lipinski definition) is 1. The number of likely N-dealkylation sites (tertiary alicyclic amines) is 1. The second-order valence-electron chi connectivity index (χ2n) is 10.8. The van der Waals surface area contributed by atoms with Gasteiger partial charge in [-0.2, -0.15) is 10.2 Å². The zero-order chi connectivity index (χ0) is 28.3. The third-order valence-electron chi connectivity index (χ3n) is 7.28. The summed E-state index contributed by atoms with van der Waals surface area (Å²) in [5.41, 5.74) is 5.50. The second kappa shape index (κ2) is 12.2. The van der Waals surface area contributed by atoms with Gasteiger partial charge in [-0.1, -0.05) is 24.3 Å². The topological polar surface area (TPSA) is 108 Å². The molecule has 40 heavy (non-hydrogen) atoms. The molecule has 2 aromatic carbocycles. The maximum absolute atomic E-state index is 11.5. The molecule has 2 aliphatic rings. The summed E-state index contributed by atoms with van der Waals surface area (Å²) in [5.74, 6) is 3.04. The van der Waals surface area contributed by atoms with Crippen LogP contribution >= 0.6 is 11.8 Å². The first-order chi connectivity index (χ1) is 19.2. The molecule has 0 aliphatic carbocycles. The second-order valence-corrected chi connectivity index (χ2v) is 14.1. The Kier molecular flexibility index (Phi) is 8.64. The maximum Gasteiger partial charge on any atom is 0.238 e. The van der Waals surface area contributed by atoms with E-state index in [1.54, 1.807) is 11.8 Å². The van der Waals surface area contributed by atoms with Crippen LogP contribution in [0.2, 0.25) is 0 Å². The molecule has 210 valence electrons. The van der Waals surface area contributed by atoms with Gasteiger partial charge in [-0.25, -0.2) is 13.4 Å². The standard InChI is InChI=1S/C30H35N5O3S2/c1-20-15-24(17-31)16-21(2)27(20)38-29-28-26(5-4-14-39-28)33-30(34-29)32-25-10-12-35(13-11-25)18-22-6-8-23(9-7-22)19-40(3,36)37/h6-9,15-16,25H,4-5,10-14,18-19H2,1-3H3,(H,32,33,34). The van der Waals surface area contributed by atoms with Crippen molar-refractivity contribution in [2.75, 3.05) is 30.4 Å². The molecular weight excluding hydrogens is 542 g/mol. The molecule has 1 saturated heterocycles. The van der Waals surface area contributed by atoms with Gasteiger partial charge < -0.3 is 10.1 Å². The van der Waals surface area contributed by atoms with Crippen molar-refractivity contribution in [2.24, 2.45) is 0 Å². The number of aryl methyl sites for hydroxylation is 3. The van der Waals surface area contributed by atoms with Gasteiger partial charge in [-0.05, 0) is 79.7 Å². The normalized spacial score (nSPS) is 16.2. The van der Waals surface area contributed by atoms with Crippen LogP contribution in [0.1, 0.15) is 52.8 Å². The van der Waals surface area contributed by atoms with Crippen molar-refractivity contribution >= 4 is 27.5 Å². The Morgan fingerprint density at radius 2 is 1.77 bits per heavy atom. The monoisotopic (exact) mass is 577 g/mol. The third kappa shape index (κ3) is 7.14. The SMILES string of the molecule is Cc1cc(C#N)cc(C)c1Oc1nc(NC2CCN(Cc3ccc(CS(C)(=O)=O)cc3)CC2)nc2c1SCCC2. The van der Waals surface area contributed by atoms with Gasteiger partial charge in [-0.3, -0.25) is 4.90 Å². The molecule has 0 unspecified atom stereocenters. The predicted octanol–water partition coefficient (Wildman–Crippen LogP) is 5.42. The highest BCUT2D eigenvalue weighted by molar-refractivity contribution is 7.99. The lowest BCUT2D eigenvalue weighted by Gasteiger charge is -2.32. The highest BCUT2D eigenvalue weighted by Gasteiger charge is 2.24. The Morgan fingerprint density at radius 1 is 1.10 bits per heavy atom. The van der Waals surface area contributed by atoms with E-state index < -0.39 is 9.84 Å². The van der Waals surface area contributed by atoms with Crippen molar-refractivity contribution in [1.82, 2.24) is 14.9 Å². The molecule has 0 atom stereocenters. The molecule has 3 aromatic rings. The zero-order valence-electron chi connectivity index (χ0n) is 23.2. The molecule has 0 radical (unpaired) electrons. The fraction of sp³-hybridized carbons (Fsp3) is 0.433. The van der Waals surface area contributed by atoms with Crippen LogP contribution in [0.3, 0.4) is 0 Å². The molecule has 10 heteroatoms. The van der Waals surface area contributed by atoms with Crippen LogP contribution < -0.4 is 10.1 Å². The Labute approximate surface area is 241 Å². The number of piperidine rings is 1. The van der Waals surface area contributed by atoms with E-state index in [1.807, 2.05) is 50.2 Å². The van der Waals surface area contributed by atoms with E-state index in [1.165, 1.54) is 11.8 Å². The molecule has 0 saturated carbocycles. The van der Waals surface area contributed by atoms with Gasteiger partial charge in [0, 0.05) is 31.9 Å². The van der Waals surface area contributed by atoms with E-state index in [9.17, 15) is 13.7 Å². The van der Waals surface area contributed by atoms with Gasteiger partial charge >= 0.3 is 0 Å². The summed E-state index contributed by atoms with van der Waals surface area (Å²) >= 11 is 1.75. The first-order valence-corrected chi connectivity index (χ1v) is 16.7. The average Bonchev–Trinajstić information content (AvgIpc) is 2.92. The summed E-state index contributed by atoms with van der Waals surface area (Å²) in [4.78, 5) is 13.2. The van der Waals surface area contributed by atoms with Crippen LogP contribution in [-0.2, 0) is 28.6 Å². The van der Waals surface area contributed by atoms with E-state index in [-0.39, 0.29) is 11.8 Å². The van der Waals surface area contributed by atoms with E-state index in [4.69, 9.17) is 14.7 Å². The van der Waals surface area contributed by atoms with Gasteiger partial charge in [0.15, 0.2) is 9.84 Å². The molecule has 1 N–H and O–H groups in total. The Balaban J connectivity index is 1.24. The highest BCUT2D eigenvalue weighted by atomic mass is 32.2. The van der Waals surface area contributed by atoms with Crippen LogP contribution in [0.4, 0.5) is 5.95 Å².